The van der Waals surface area contributed by atoms with Gasteiger partial charge in [-0.2, -0.15) is 0 Å². The van der Waals surface area contributed by atoms with Crippen molar-refractivity contribution in [1.29, 1.82) is 0 Å². The van der Waals surface area contributed by atoms with Crippen LogP contribution in [-0.4, -0.2) is 53.3 Å². The summed E-state index contributed by atoms with van der Waals surface area (Å²) in [5.41, 5.74) is 1.08. The Morgan fingerprint density at radius 2 is 2.06 bits per heavy atom. The van der Waals surface area contributed by atoms with Crippen LogP contribution in [0.4, 0.5) is 0 Å². The summed E-state index contributed by atoms with van der Waals surface area (Å²) in [5, 5.41) is 2.67. The van der Waals surface area contributed by atoms with E-state index in [1.807, 2.05) is 0 Å². The highest BCUT2D eigenvalue weighted by Gasteiger charge is 2.39. The first-order valence-corrected chi connectivity index (χ1v) is 11.0. The fourth-order valence-electron chi connectivity index (χ4n) is 4.28. The van der Waals surface area contributed by atoms with Crippen LogP contribution in [0.5, 0.6) is 5.75 Å². The van der Waals surface area contributed by atoms with Gasteiger partial charge in [0.25, 0.3) is 5.91 Å². The summed E-state index contributed by atoms with van der Waals surface area (Å²) in [6, 6.07) is 4.01. The molecule has 34 heavy (non-hydrogen) atoms. The molecule has 1 atom stereocenters. The van der Waals surface area contributed by atoms with Crippen molar-refractivity contribution < 1.29 is 30.7 Å². The Morgan fingerprint density at radius 3 is 2.88 bits per heavy atom. The SMILES string of the molecule is [2H]c1cc(CN2CCOCC2=O)c([2H])c([2H])c1C([2H])([2H])Oc1cccc2c1CN(C1CCC(=C)NC1=O)C2=O. The standard InChI is InChI=1S/C26H27N3O5/c1-17-5-10-22(25(31)27-17)29-14-21-20(26(29)32)3-2-4-23(21)34-15-19-8-6-18(7-9-19)13-28-11-12-33-16-24(28)30/h2-4,6-9,22H,1,5,10-16H2,(H,27,31)/i6D,8D,9D,15D2. The third-order valence-electron chi connectivity index (χ3n) is 6.10. The molecule has 0 spiro atoms. The Morgan fingerprint density at radius 1 is 1.21 bits per heavy atom. The third-order valence-corrected chi connectivity index (χ3v) is 6.10. The molecule has 2 saturated heterocycles. The molecule has 2 fully saturated rings. The van der Waals surface area contributed by atoms with Gasteiger partial charge in [0, 0.05) is 29.9 Å². The maximum Gasteiger partial charge on any atom is 0.255 e. The van der Waals surface area contributed by atoms with E-state index in [1.165, 1.54) is 28.0 Å². The van der Waals surface area contributed by atoms with Crippen LogP contribution < -0.4 is 10.1 Å². The van der Waals surface area contributed by atoms with Crippen molar-refractivity contribution in [3.63, 3.8) is 0 Å². The number of fused-ring (bicyclic) bond motifs is 1. The number of morpholine rings is 1. The van der Waals surface area contributed by atoms with E-state index in [1.54, 1.807) is 6.07 Å². The van der Waals surface area contributed by atoms with Crippen molar-refractivity contribution in [3.8, 4) is 5.75 Å². The first-order valence-electron chi connectivity index (χ1n) is 13.5. The highest BCUT2D eigenvalue weighted by molar-refractivity contribution is 6.02. The second kappa shape index (κ2) is 9.30. The lowest BCUT2D eigenvalue weighted by atomic mass is 10.0. The molecular formula is C26H27N3O5. The van der Waals surface area contributed by atoms with Crippen molar-refractivity contribution in [2.75, 3.05) is 19.8 Å². The van der Waals surface area contributed by atoms with E-state index in [9.17, 15) is 14.4 Å². The van der Waals surface area contributed by atoms with Crippen LogP contribution in [0.2, 0.25) is 0 Å². The Labute approximate surface area is 205 Å². The smallest absolute Gasteiger partial charge is 0.255 e. The van der Waals surface area contributed by atoms with Gasteiger partial charge in [-0.25, -0.2) is 0 Å². The van der Waals surface area contributed by atoms with Crippen molar-refractivity contribution in [2.45, 2.75) is 38.5 Å². The molecule has 3 heterocycles. The first kappa shape index (κ1) is 16.9. The number of hydrogen-bond donors (Lipinski definition) is 1. The molecular weight excluding hydrogens is 434 g/mol. The molecule has 8 nitrogen and oxygen atoms in total. The fourth-order valence-corrected chi connectivity index (χ4v) is 4.28. The molecule has 5 rings (SSSR count). The number of allylic oxidation sites excluding steroid dienone is 1. The zero-order valence-corrected chi connectivity index (χ0v) is 18.5. The van der Waals surface area contributed by atoms with Crippen molar-refractivity contribution in [3.05, 3.63) is 76.9 Å². The molecule has 2 aromatic rings. The molecule has 3 aliphatic rings. The van der Waals surface area contributed by atoms with Crippen molar-refractivity contribution >= 4 is 17.7 Å². The number of nitrogens with zero attached hydrogens (tertiary/aromatic N) is 2. The van der Waals surface area contributed by atoms with E-state index < -0.39 is 24.2 Å². The summed E-state index contributed by atoms with van der Waals surface area (Å²) >= 11 is 0. The van der Waals surface area contributed by atoms with E-state index in [2.05, 4.69) is 11.9 Å². The minimum Gasteiger partial charge on any atom is -0.489 e. The normalized spacial score (nSPS) is 22.9. The van der Waals surface area contributed by atoms with E-state index in [-0.39, 0.29) is 66.4 Å². The average Bonchev–Trinajstić information content (AvgIpc) is 3.20. The number of carbonyl (C=O) groups excluding carboxylic acids is 3. The van der Waals surface area contributed by atoms with Gasteiger partial charge >= 0.3 is 0 Å². The monoisotopic (exact) mass is 466 g/mol. The molecule has 3 amide bonds. The van der Waals surface area contributed by atoms with Crippen LogP contribution >= 0.6 is 0 Å². The van der Waals surface area contributed by atoms with E-state index in [4.69, 9.17) is 16.3 Å². The second-order valence-corrected chi connectivity index (χ2v) is 8.37. The topological polar surface area (TPSA) is 88.2 Å². The number of benzene rings is 2. The van der Waals surface area contributed by atoms with E-state index >= 15 is 0 Å². The quantitative estimate of drug-likeness (QED) is 0.706. The van der Waals surface area contributed by atoms with Crippen LogP contribution in [0, 0.1) is 0 Å². The van der Waals surface area contributed by atoms with Gasteiger partial charge in [-0.15, -0.1) is 0 Å². The molecule has 1 unspecified atom stereocenters. The molecule has 0 saturated carbocycles. The van der Waals surface area contributed by atoms with E-state index in [0.717, 1.165) is 0 Å². The Bertz CT molecular complexity index is 1400. The van der Waals surface area contributed by atoms with Gasteiger partial charge in [0.15, 0.2) is 0 Å². The lowest BCUT2D eigenvalue weighted by Crippen LogP contribution is -2.49. The lowest BCUT2D eigenvalue weighted by Gasteiger charge is -2.31. The third kappa shape index (κ3) is 4.41. The summed E-state index contributed by atoms with van der Waals surface area (Å²) in [4.78, 5) is 40.6. The molecule has 1 N–H and O–H groups in total. The van der Waals surface area contributed by atoms with Crippen LogP contribution in [0.25, 0.3) is 0 Å². The van der Waals surface area contributed by atoms with Crippen LogP contribution in [0.1, 0.15) is 46.7 Å². The van der Waals surface area contributed by atoms with Gasteiger partial charge < -0.3 is 24.6 Å². The lowest BCUT2D eigenvalue weighted by molar-refractivity contribution is -0.143. The molecule has 176 valence electrons. The molecule has 0 aliphatic carbocycles. The minimum atomic E-state index is -2.69. The molecule has 2 aromatic carbocycles. The van der Waals surface area contributed by atoms with Gasteiger partial charge in [0.2, 0.25) is 11.8 Å². The molecule has 0 aromatic heterocycles. The number of amides is 3. The zero-order chi connectivity index (χ0) is 28.1. The Balaban J connectivity index is 1.41. The number of hydrogen-bond acceptors (Lipinski definition) is 5. The maximum atomic E-state index is 13.1. The van der Waals surface area contributed by atoms with Crippen LogP contribution in [0.15, 0.2) is 54.7 Å². The van der Waals surface area contributed by atoms with Crippen LogP contribution in [0.3, 0.4) is 0 Å². The summed E-state index contributed by atoms with van der Waals surface area (Å²) in [6.07, 6.45) is 0.951. The van der Waals surface area contributed by atoms with Gasteiger partial charge in [-0.3, -0.25) is 14.4 Å². The second-order valence-electron chi connectivity index (χ2n) is 8.37. The number of piperidine rings is 1. The largest absolute Gasteiger partial charge is 0.489 e. The minimum absolute atomic E-state index is 0.00908. The Kier molecular flexibility index (Phi) is 4.62. The predicted molar refractivity (Wildman–Crippen MR) is 124 cm³/mol. The number of carbonyl (C=O) groups is 3. The fraction of sp³-hybridized carbons (Fsp3) is 0.346. The first-order chi connectivity index (χ1) is 18.5. The van der Waals surface area contributed by atoms with Gasteiger partial charge in [0.1, 0.15) is 25.0 Å². The number of rotatable bonds is 6. The Hall–Kier alpha value is -3.65. The highest BCUT2D eigenvalue weighted by Crippen LogP contribution is 2.34. The molecule has 8 heteroatoms. The van der Waals surface area contributed by atoms with Crippen LogP contribution in [-0.2, 0) is 34.0 Å². The summed E-state index contributed by atoms with van der Waals surface area (Å²) in [6.45, 7) is 1.69. The zero-order valence-electron chi connectivity index (χ0n) is 23.5. The summed E-state index contributed by atoms with van der Waals surface area (Å²) < 4.78 is 53.5. The van der Waals surface area contributed by atoms with Crippen molar-refractivity contribution in [1.82, 2.24) is 15.1 Å². The summed E-state index contributed by atoms with van der Waals surface area (Å²) in [5.74, 6) is -0.924. The average molecular weight is 467 g/mol. The van der Waals surface area contributed by atoms with Gasteiger partial charge in [-0.05, 0) is 36.1 Å². The molecule has 3 aliphatic heterocycles. The van der Waals surface area contributed by atoms with E-state index in [0.29, 0.717) is 37.3 Å². The predicted octanol–water partition coefficient (Wildman–Crippen LogP) is 2.37. The van der Waals surface area contributed by atoms with Gasteiger partial charge in [0.05, 0.1) is 20.0 Å². The van der Waals surface area contributed by atoms with Gasteiger partial charge in [-0.1, -0.05) is 36.8 Å². The summed E-state index contributed by atoms with van der Waals surface area (Å²) in [7, 11) is 0. The number of nitrogens with one attached hydrogen (secondary N) is 1. The number of ether oxygens (including phenoxy) is 2. The highest BCUT2D eigenvalue weighted by atomic mass is 16.5. The molecule has 0 bridgehead atoms. The van der Waals surface area contributed by atoms with Crippen molar-refractivity contribution in [2.24, 2.45) is 0 Å². The maximum absolute atomic E-state index is 13.1. The molecule has 0 radical (unpaired) electrons.